The number of Topliss-reactive ketones (excluding diaryl/α,β-unsaturated/α-hetero) is 1. The van der Waals surface area contributed by atoms with E-state index < -0.39 is 42.4 Å². The molecule has 1 unspecified atom stereocenters. The molecular formula is C12H15F2NO3. The molecule has 1 amide bonds. The molecule has 1 fully saturated rings. The second-order valence-electron chi connectivity index (χ2n) is 5.19. The van der Waals surface area contributed by atoms with Crippen LogP contribution in [-0.2, 0) is 9.53 Å². The number of likely N-dealkylation sites (tertiary alicyclic amines) is 1. The van der Waals surface area contributed by atoms with Crippen molar-refractivity contribution in [2.75, 3.05) is 6.54 Å². The Morgan fingerprint density at radius 3 is 2.44 bits per heavy atom. The van der Waals surface area contributed by atoms with E-state index in [9.17, 15) is 18.4 Å². The number of amides is 1. The highest BCUT2D eigenvalue weighted by Gasteiger charge is 2.50. The van der Waals surface area contributed by atoms with Crippen LogP contribution in [0.25, 0.3) is 0 Å². The van der Waals surface area contributed by atoms with E-state index in [0.29, 0.717) is 4.90 Å². The average Bonchev–Trinajstić information content (AvgIpc) is 2.51. The van der Waals surface area contributed by atoms with Crippen LogP contribution in [0.4, 0.5) is 13.6 Å². The number of ether oxygens (including phenoxy) is 1. The fraction of sp³-hybridized carbons (Fsp3) is 0.667. The number of terminal acetylenes is 1. The molecule has 0 saturated carbocycles. The van der Waals surface area contributed by atoms with Gasteiger partial charge in [0.15, 0.2) is 0 Å². The van der Waals surface area contributed by atoms with Crippen LogP contribution in [0.15, 0.2) is 0 Å². The van der Waals surface area contributed by atoms with E-state index in [-0.39, 0.29) is 0 Å². The summed E-state index contributed by atoms with van der Waals surface area (Å²) in [5.74, 6) is -2.18. The predicted octanol–water partition coefficient (Wildman–Crippen LogP) is 1.83. The van der Waals surface area contributed by atoms with Crippen molar-refractivity contribution in [1.82, 2.24) is 4.90 Å². The predicted molar refractivity (Wildman–Crippen MR) is 60.1 cm³/mol. The summed E-state index contributed by atoms with van der Waals surface area (Å²) in [4.78, 5) is 23.8. The number of carbonyl (C=O) groups excluding carboxylic acids is 2. The zero-order valence-corrected chi connectivity index (χ0v) is 10.5. The van der Waals surface area contributed by atoms with E-state index in [4.69, 9.17) is 11.2 Å². The normalized spacial score (nSPS) is 22.4. The smallest absolute Gasteiger partial charge is 0.411 e. The SMILES string of the molecule is C#CC(=O)C1CC(F)(F)CN1C(=O)OC(C)(C)C. The number of nitrogens with zero attached hydrogens (tertiary/aromatic N) is 1. The van der Waals surface area contributed by atoms with Gasteiger partial charge in [0, 0.05) is 6.42 Å². The van der Waals surface area contributed by atoms with Gasteiger partial charge in [-0.05, 0) is 26.7 Å². The molecule has 1 atom stereocenters. The van der Waals surface area contributed by atoms with Crippen molar-refractivity contribution in [2.24, 2.45) is 0 Å². The summed E-state index contributed by atoms with van der Waals surface area (Å²) in [5.41, 5.74) is -0.821. The molecule has 0 aromatic heterocycles. The van der Waals surface area contributed by atoms with E-state index >= 15 is 0 Å². The Labute approximate surface area is 104 Å². The van der Waals surface area contributed by atoms with Crippen molar-refractivity contribution in [2.45, 2.75) is 44.8 Å². The third-order valence-corrected chi connectivity index (χ3v) is 2.34. The Kier molecular flexibility index (Phi) is 3.65. The minimum atomic E-state index is -3.12. The van der Waals surface area contributed by atoms with Gasteiger partial charge in [-0.2, -0.15) is 0 Å². The minimum Gasteiger partial charge on any atom is -0.444 e. The molecule has 0 radical (unpaired) electrons. The standard InChI is InChI=1S/C12H15F2NO3/c1-5-9(16)8-6-12(13,14)7-15(8)10(17)18-11(2,3)4/h1,8H,6-7H2,2-4H3. The average molecular weight is 259 g/mol. The van der Waals surface area contributed by atoms with Gasteiger partial charge in [-0.25, -0.2) is 13.6 Å². The van der Waals surface area contributed by atoms with Gasteiger partial charge in [0.05, 0.1) is 6.54 Å². The van der Waals surface area contributed by atoms with Crippen LogP contribution in [0.5, 0.6) is 0 Å². The lowest BCUT2D eigenvalue weighted by atomic mass is 10.1. The van der Waals surface area contributed by atoms with E-state index in [1.54, 1.807) is 26.7 Å². The number of carbonyl (C=O) groups is 2. The molecule has 100 valence electrons. The Bertz CT molecular complexity index is 407. The minimum absolute atomic E-state index is 0.702. The molecule has 0 aromatic rings. The lowest BCUT2D eigenvalue weighted by Gasteiger charge is -2.26. The lowest BCUT2D eigenvalue weighted by molar-refractivity contribution is -0.118. The third-order valence-electron chi connectivity index (χ3n) is 2.34. The summed E-state index contributed by atoms with van der Waals surface area (Å²) in [6.07, 6.45) is 3.20. The summed E-state index contributed by atoms with van der Waals surface area (Å²) < 4.78 is 31.5. The highest BCUT2D eigenvalue weighted by atomic mass is 19.3. The highest BCUT2D eigenvalue weighted by molar-refractivity contribution is 6.01. The van der Waals surface area contributed by atoms with Crippen molar-refractivity contribution in [3.05, 3.63) is 0 Å². The first-order valence-electron chi connectivity index (χ1n) is 5.44. The maximum Gasteiger partial charge on any atom is 0.411 e. The van der Waals surface area contributed by atoms with Crippen molar-refractivity contribution in [3.63, 3.8) is 0 Å². The third kappa shape index (κ3) is 3.42. The zero-order chi connectivity index (χ0) is 14.1. The van der Waals surface area contributed by atoms with Crippen LogP contribution in [0.1, 0.15) is 27.2 Å². The summed E-state index contributed by atoms with van der Waals surface area (Å²) in [5, 5.41) is 0. The first-order chi connectivity index (χ1) is 8.06. The van der Waals surface area contributed by atoms with Crippen LogP contribution in [0.3, 0.4) is 0 Å². The molecule has 0 bridgehead atoms. The van der Waals surface area contributed by atoms with Crippen LogP contribution in [-0.4, -0.2) is 40.9 Å². The van der Waals surface area contributed by atoms with Crippen molar-refractivity contribution < 1.29 is 23.1 Å². The summed E-state index contributed by atoms with van der Waals surface area (Å²) >= 11 is 0. The van der Waals surface area contributed by atoms with Gasteiger partial charge in [0.2, 0.25) is 5.78 Å². The molecule has 0 N–H and O–H groups in total. The highest BCUT2D eigenvalue weighted by Crippen LogP contribution is 2.33. The molecule has 0 aliphatic carbocycles. The number of ketones is 1. The quantitative estimate of drug-likeness (QED) is 0.533. The number of hydrogen-bond donors (Lipinski definition) is 0. The topological polar surface area (TPSA) is 46.6 Å². The molecule has 1 aliphatic heterocycles. The van der Waals surface area contributed by atoms with Crippen LogP contribution < -0.4 is 0 Å². The van der Waals surface area contributed by atoms with Crippen LogP contribution >= 0.6 is 0 Å². The molecule has 18 heavy (non-hydrogen) atoms. The summed E-state index contributed by atoms with van der Waals surface area (Å²) in [6, 6.07) is -1.31. The van der Waals surface area contributed by atoms with Gasteiger partial charge < -0.3 is 4.74 Å². The number of alkyl halides is 2. The first-order valence-corrected chi connectivity index (χ1v) is 5.44. The van der Waals surface area contributed by atoms with Crippen molar-refractivity contribution in [1.29, 1.82) is 0 Å². The van der Waals surface area contributed by atoms with Gasteiger partial charge in [-0.15, -0.1) is 6.42 Å². The van der Waals surface area contributed by atoms with E-state index in [1.165, 1.54) is 0 Å². The molecule has 4 nitrogen and oxygen atoms in total. The Morgan fingerprint density at radius 2 is 2.00 bits per heavy atom. The summed E-state index contributed by atoms with van der Waals surface area (Å²) in [6.45, 7) is 3.98. The van der Waals surface area contributed by atoms with Gasteiger partial charge in [-0.3, -0.25) is 9.69 Å². The first kappa shape index (κ1) is 14.4. The van der Waals surface area contributed by atoms with Crippen LogP contribution in [0.2, 0.25) is 0 Å². The second-order valence-corrected chi connectivity index (χ2v) is 5.19. The summed E-state index contributed by atoms with van der Waals surface area (Å²) in [7, 11) is 0. The number of rotatable bonds is 1. The monoisotopic (exact) mass is 259 g/mol. The van der Waals surface area contributed by atoms with Gasteiger partial charge in [0.25, 0.3) is 5.92 Å². The van der Waals surface area contributed by atoms with Crippen molar-refractivity contribution in [3.8, 4) is 12.3 Å². The second kappa shape index (κ2) is 4.56. The van der Waals surface area contributed by atoms with Crippen molar-refractivity contribution >= 4 is 11.9 Å². The van der Waals surface area contributed by atoms with E-state index in [0.717, 1.165) is 0 Å². The van der Waals surface area contributed by atoms with Gasteiger partial charge >= 0.3 is 6.09 Å². The molecule has 1 saturated heterocycles. The molecule has 0 spiro atoms. The lowest BCUT2D eigenvalue weighted by Crippen LogP contribution is -2.43. The molecule has 1 rings (SSSR count). The molecular weight excluding hydrogens is 244 g/mol. The molecule has 1 heterocycles. The maximum atomic E-state index is 13.3. The van der Waals surface area contributed by atoms with Gasteiger partial charge in [0.1, 0.15) is 11.6 Å². The van der Waals surface area contributed by atoms with E-state index in [2.05, 4.69) is 0 Å². The Balaban J connectivity index is 2.88. The fourth-order valence-corrected chi connectivity index (χ4v) is 1.66. The Hall–Kier alpha value is -1.64. The van der Waals surface area contributed by atoms with Crippen LogP contribution in [0, 0.1) is 12.3 Å². The zero-order valence-electron chi connectivity index (χ0n) is 10.5. The Morgan fingerprint density at radius 1 is 1.44 bits per heavy atom. The molecule has 0 aromatic carbocycles. The maximum absolute atomic E-state index is 13.3. The molecule has 6 heteroatoms. The number of hydrogen-bond acceptors (Lipinski definition) is 3. The number of halogens is 2. The largest absolute Gasteiger partial charge is 0.444 e. The molecule has 1 aliphatic rings. The fourth-order valence-electron chi connectivity index (χ4n) is 1.66. The van der Waals surface area contributed by atoms with E-state index in [1.807, 2.05) is 0 Å². The van der Waals surface area contributed by atoms with Gasteiger partial charge in [-0.1, -0.05) is 0 Å².